The molecule has 1 aromatic heterocycles. The molecule has 0 aliphatic carbocycles. The van der Waals surface area contributed by atoms with E-state index in [1.807, 2.05) is 6.92 Å². The number of nitrogens with one attached hydrogen (secondary N) is 3. The molecule has 0 aliphatic rings. The maximum Gasteiger partial charge on any atom is 0.416 e. The number of rotatable bonds is 8. The Hall–Kier alpha value is -3.26. The molecule has 1 amide bonds. The number of benzene rings is 2. The molecular formula is C23H21F6N5OS2. The summed E-state index contributed by atoms with van der Waals surface area (Å²) in [5.41, 5.74) is -1.82. The lowest BCUT2D eigenvalue weighted by molar-refractivity contribution is -0.143. The lowest BCUT2D eigenvalue weighted by Gasteiger charge is -2.23. The zero-order valence-corrected chi connectivity index (χ0v) is 20.8. The lowest BCUT2D eigenvalue weighted by Crippen LogP contribution is -2.32. The third-order valence-electron chi connectivity index (χ3n) is 5.16. The van der Waals surface area contributed by atoms with Gasteiger partial charge in [0.05, 0.1) is 17.2 Å². The van der Waals surface area contributed by atoms with Gasteiger partial charge in [0, 0.05) is 16.8 Å². The van der Waals surface area contributed by atoms with Crippen molar-refractivity contribution in [1.29, 1.82) is 0 Å². The normalized spacial score (nSPS) is 12.6. The highest BCUT2D eigenvalue weighted by Crippen LogP contribution is 2.38. The van der Waals surface area contributed by atoms with Crippen molar-refractivity contribution in [2.45, 2.75) is 44.6 Å². The summed E-state index contributed by atoms with van der Waals surface area (Å²) in [4.78, 5) is 12.1. The van der Waals surface area contributed by atoms with Crippen LogP contribution in [0.3, 0.4) is 0 Å². The summed E-state index contributed by atoms with van der Waals surface area (Å²) in [5, 5.41) is 13.5. The van der Waals surface area contributed by atoms with Crippen molar-refractivity contribution in [1.82, 2.24) is 14.9 Å². The number of anilines is 2. The van der Waals surface area contributed by atoms with Gasteiger partial charge < -0.3 is 16.0 Å². The molecule has 1 atom stereocenters. The number of unbranched alkanes of at least 4 members (excludes halogenated alkanes) is 1. The number of carbonyl (C=O) groups is 1. The van der Waals surface area contributed by atoms with Crippen LogP contribution < -0.4 is 16.0 Å². The van der Waals surface area contributed by atoms with Crippen molar-refractivity contribution in [3.8, 4) is 0 Å². The number of thiocarbonyl (C=S) groups is 1. The van der Waals surface area contributed by atoms with Crippen LogP contribution in [0.5, 0.6) is 0 Å². The van der Waals surface area contributed by atoms with Crippen LogP contribution in [0, 0.1) is 0 Å². The zero-order chi connectivity index (χ0) is 27.2. The van der Waals surface area contributed by atoms with E-state index in [-0.39, 0.29) is 28.9 Å². The van der Waals surface area contributed by atoms with Gasteiger partial charge >= 0.3 is 12.4 Å². The van der Waals surface area contributed by atoms with Crippen LogP contribution in [0.2, 0.25) is 0 Å². The fourth-order valence-corrected chi connectivity index (χ4v) is 4.03. The Morgan fingerprint density at radius 1 is 0.973 bits per heavy atom. The maximum atomic E-state index is 13.3. The van der Waals surface area contributed by atoms with Gasteiger partial charge in [-0.25, -0.2) is 0 Å². The minimum absolute atomic E-state index is 0.0115. The van der Waals surface area contributed by atoms with Gasteiger partial charge in [0.2, 0.25) is 0 Å². The quantitative estimate of drug-likeness (QED) is 0.202. The van der Waals surface area contributed by atoms with Crippen LogP contribution in [0.25, 0.3) is 0 Å². The molecule has 0 fully saturated rings. The van der Waals surface area contributed by atoms with Gasteiger partial charge in [0.1, 0.15) is 0 Å². The third-order valence-corrected chi connectivity index (χ3v) is 5.88. The molecule has 1 unspecified atom stereocenters. The number of nitrogens with zero attached hydrogens (tertiary/aromatic N) is 2. The van der Waals surface area contributed by atoms with Gasteiger partial charge in [0.25, 0.3) is 5.91 Å². The molecule has 3 rings (SSSR count). The van der Waals surface area contributed by atoms with Crippen LogP contribution in [-0.2, 0) is 12.4 Å². The average molecular weight is 562 g/mol. The van der Waals surface area contributed by atoms with Gasteiger partial charge in [-0.2, -0.15) is 26.3 Å². The Kier molecular flexibility index (Phi) is 9.07. The molecular weight excluding hydrogens is 540 g/mol. The van der Waals surface area contributed by atoms with Crippen LogP contribution in [0.4, 0.5) is 37.7 Å². The van der Waals surface area contributed by atoms with Gasteiger partial charge in [-0.05, 0) is 78.2 Å². The first-order valence-corrected chi connectivity index (χ1v) is 12.2. The first-order chi connectivity index (χ1) is 17.4. The number of amides is 1. The molecule has 0 spiro atoms. The Morgan fingerprint density at radius 3 is 2.03 bits per heavy atom. The van der Waals surface area contributed by atoms with Crippen LogP contribution >= 0.6 is 23.8 Å². The first-order valence-electron chi connectivity index (χ1n) is 10.9. The molecule has 0 saturated carbocycles. The van der Waals surface area contributed by atoms with E-state index in [0.717, 1.165) is 11.5 Å². The van der Waals surface area contributed by atoms with E-state index in [0.29, 0.717) is 36.3 Å². The van der Waals surface area contributed by atoms with Gasteiger partial charge in [-0.15, -0.1) is 5.10 Å². The van der Waals surface area contributed by atoms with Crippen molar-refractivity contribution in [2.75, 3.05) is 10.6 Å². The molecule has 14 heteroatoms. The van der Waals surface area contributed by atoms with Crippen LogP contribution in [-0.4, -0.2) is 20.6 Å². The summed E-state index contributed by atoms with van der Waals surface area (Å²) >= 11 is 6.32. The Morgan fingerprint density at radius 2 is 1.54 bits per heavy atom. The smallest absolute Gasteiger partial charge is 0.356 e. The van der Waals surface area contributed by atoms with Crippen LogP contribution in [0.15, 0.2) is 47.8 Å². The van der Waals surface area contributed by atoms with Gasteiger partial charge in [-0.1, -0.05) is 24.3 Å². The average Bonchev–Trinajstić information content (AvgIpc) is 3.37. The summed E-state index contributed by atoms with van der Waals surface area (Å²) < 4.78 is 83.6. The molecule has 6 nitrogen and oxygen atoms in total. The largest absolute Gasteiger partial charge is 0.416 e. The van der Waals surface area contributed by atoms with Crippen molar-refractivity contribution >= 4 is 46.1 Å². The summed E-state index contributed by atoms with van der Waals surface area (Å²) in [6, 6.07) is 6.97. The topological polar surface area (TPSA) is 78.9 Å². The molecule has 1 heterocycles. The SMILES string of the molecule is CCCCC(NC(=S)Nc1ccc(NC(=O)c2csnn2)cc1)c1cc(C(F)(F)F)cc(C(F)(F)F)c1. The summed E-state index contributed by atoms with van der Waals surface area (Å²) in [6.07, 6.45) is -8.42. The number of hydrogen-bond acceptors (Lipinski definition) is 5. The van der Waals surface area contributed by atoms with E-state index < -0.39 is 35.4 Å². The molecule has 3 aromatic rings. The van der Waals surface area contributed by atoms with E-state index in [4.69, 9.17) is 12.2 Å². The highest BCUT2D eigenvalue weighted by molar-refractivity contribution is 7.80. The van der Waals surface area contributed by atoms with Gasteiger partial charge in [0.15, 0.2) is 10.8 Å². The summed E-state index contributed by atoms with van der Waals surface area (Å²) in [6.45, 7) is 1.85. The number of halogens is 6. The fraction of sp³-hybridized carbons (Fsp3) is 0.304. The maximum absolute atomic E-state index is 13.3. The van der Waals surface area contributed by atoms with Crippen LogP contribution in [0.1, 0.15) is 59.4 Å². The lowest BCUT2D eigenvalue weighted by atomic mass is 9.96. The molecule has 0 saturated heterocycles. The second-order valence-electron chi connectivity index (χ2n) is 7.95. The number of alkyl halides is 6. The Labute approximate surface area is 217 Å². The van der Waals surface area contributed by atoms with Crippen molar-refractivity contribution in [3.05, 3.63) is 70.2 Å². The second-order valence-corrected chi connectivity index (χ2v) is 8.97. The summed E-state index contributed by atoms with van der Waals surface area (Å²) in [5.74, 6) is -0.440. The molecule has 0 radical (unpaired) electrons. The summed E-state index contributed by atoms with van der Waals surface area (Å²) in [7, 11) is 0. The molecule has 0 bridgehead atoms. The minimum atomic E-state index is -4.95. The predicted octanol–water partition coefficient (Wildman–Crippen LogP) is 7.05. The number of carbonyl (C=O) groups excluding carboxylic acids is 1. The number of hydrogen-bond donors (Lipinski definition) is 3. The molecule has 0 aliphatic heterocycles. The molecule has 37 heavy (non-hydrogen) atoms. The second kappa shape index (κ2) is 11.9. The van der Waals surface area contributed by atoms with E-state index in [1.165, 1.54) is 5.38 Å². The minimum Gasteiger partial charge on any atom is -0.356 e. The Balaban J connectivity index is 1.75. The van der Waals surface area contributed by atoms with Gasteiger partial charge in [-0.3, -0.25) is 4.79 Å². The third kappa shape index (κ3) is 8.12. The Bertz CT molecular complexity index is 1180. The highest BCUT2D eigenvalue weighted by Gasteiger charge is 2.37. The first kappa shape index (κ1) is 28.3. The predicted molar refractivity (Wildman–Crippen MR) is 132 cm³/mol. The van der Waals surface area contributed by atoms with E-state index in [9.17, 15) is 31.1 Å². The fourth-order valence-electron chi connectivity index (χ4n) is 3.33. The van der Waals surface area contributed by atoms with E-state index in [1.54, 1.807) is 24.3 Å². The molecule has 2 aromatic carbocycles. The molecule has 3 N–H and O–H groups in total. The highest BCUT2D eigenvalue weighted by atomic mass is 32.1. The monoisotopic (exact) mass is 561 g/mol. The van der Waals surface area contributed by atoms with Crippen molar-refractivity contribution in [3.63, 3.8) is 0 Å². The standard InChI is InChI=1S/C23H21F6N5OS2/c1-2-3-4-18(13-9-14(22(24,25)26)11-15(10-13)23(27,28)29)32-21(36)31-17-7-5-16(6-8-17)30-20(35)19-12-37-34-33-19/h5-12,18H,2-4H2,1H3,(H,30,35)(H2,31,32,36). The number of aromatic nitrogens is 2. The zero-order valence-electron chi connectivity index (χ0n) is 19.2. The van der Waals surface area contributed by atoms with Crippen molar-refractivity contribution < 1.29 is 31.1 Å². The van der Waals surface area contributed by atoms with Crippen molar-refractivity contribution in [2.24, 2.45) is 0 Å². The van der Waals surface area contributed by atoms with E-state index >= 15 is 0 Å². The van der Waals surface area contributed by atoms with E-state index in [2.05, 4.69) is 25.5 Å². The molecule has 198 valence electrons.